The maximum atomic E-state index is 10.9. The Kier molecular flexibility index (Phi) is 1.46. The van der Waals surface area contributed by atoms with Gasteiger partial charge in [-0.15, -0.1) is 0 Å². The molecule has 2 heteroatoms. The molecule has 3 rings (SSSR count). The third-order valence-corrected chi connectivity index (χ3v) is 3.79. The molecule has 4 atom stereocenters. The molecule has 0 N–H and O–H groups in total. The minimum Gasteiger partial charge on any atom is -0.365 e. The second kappa shape index (κ2) is 2.44. The average molecular weight is 178 g/mol. The Hall–Kier alpha value is -0.630. The fourth-order valence-electron chi connectivity index (χ4n) is 3.09. The van der Waals surface area contributed by atoms with Crippen molar-refractivity contribution >= 4 is 6.29 Å². The molecule has 2 bridgehead atoms. The summed E-state index contributed by atoms with van der Waals surface area (Å²) in [5, 5.41) is 0. The van der Waals surface area contributed by atoms with Gasteiger partial charge in [0.25, 0.3) is 0 Å². The van der Waals surface area contributed by atoms with E-state index in [1.165, 1.54) is 24.8 Å². The third kappa shape index (κ3) is 0.953. The van der Waals surface area contributed by atoms with Crippen LogP contribution in [0.5, 0.6) is 0 Å². The van der Waals surface area contributed by atoms with E-state index in [9.17, 15) is 4.79 Å². The van der Waals surface area contributed by atoms with Gasteiger partial charge < -0.3 is 4.74 Å². The highest BCUT2D eigenvalue weighted by molar-refractivity contribution is 5.78. The van der Waals surface area contributed by atoms with Crippen molar-refractivity contribution in [1.29, 1.82) is 0 Å². The van der Waals surface area contributed by atoms with Crippen LogP contribution in [-0.4, -0.2) is 18.5 Å². The van der Waals surface area contributed by atoms with Crippen LogP contribution in [0.4, 0.5) is 0 Å². The molecule has 2 nitrogen and oxygen atoms in total. The van der Waals surface area contributed by atoms with Crippen LogP contribution < -0.4 is 0 Å². The molecule has 1 saturated carbocycles. The van der Waals surface area contributed by atoms with Crippen molar-refractivity contribution < 1.29 is 9.53 Å². The number of hydrogen-bond acceptors (Lipinski definition) is 2. The highest BCUT2D eigenvalue weighted by atomic mass is 16.6. The Morgan fingerprint density at radius 2 is 2.08 bits per heavy atom. The Bertz CT molecular complexity index is 292. The van der Waals surface area contributed by atoms with Crippen LogP contribution >= 0.6 is 0 Å². The van der Waals surface area contributed by atoms with E-state index in [0.29, 0.717) is 24.0 Å². The number of ether oxygens (including phenoxy) is 1. The van der Waals surface area contributed by atoms with E-state index in [1.807, 2.05) is 0 Å². The lowest BCUT2D eigenvalue weighted by Crippen LogP contribution is -2.10. The summed E-state index contributed by atoms with van der Waals surface area (Å²) in [5.74, 6) is 1.26. The second-order valence-corrected chi connectivity index (χ2v) is 4.50. The summed E-state index contributed by atoms with van der Waals surface area (Å²) in [5.41, 5.74) is 2.45. The van der Waals surface area contributed by atoms with Gasteiger partial charge in [-0.05, 0) is 49.2 Å². The van der Waals surface area contributed by atoms with Gasteiger partial charge in [-0.3, -0.25) is 4.79 Å². The lowest BCUT2D eigenvalue weighted by molar-refractivity contribution is -0.105. The first kappa shape index (κ1) is 7.74. The van der Waals surface area contributed by atoms with Gasteiger partial charge in [0.15, 0.2) is 0 Å². The number of hydrogen-bond donors (Lipinski definition) is 0. The Morgan fingerprint density at radius 3 is 2.69 bits per heavy atom. The summed E-state index contributed by atoms with van der Waals surface area (Å²) >= 11 is 0. The van der Waals surface area contributed by atoms with Gasteiger partial charge in [-0.25, -0.2) is 0 Å². The molecule has 0 amide bonds. The number of rotatable bonds is 2. The molecule has 1 heterocycles. The van der Waals surface area contributed by atoms with Gasteiger partial charge in [0.1, 0.15) is 12.4 Å². The van der Waals surface area contributed by atoms with E-state index in [4.69, 9.17) is 4.74 Å². The molecule has 4 unspecified atom stereocenters. The van der Waals surface area contributed by atoms with Crippen molar-refractivity contribution in [2.75, 3.05) is 0 Å². The number of carbonyl (C=O) groups excluding carboxylic acids is 1. The Morgan fingerprint density at radius 1 is 1.38 bits per heavy atom. The van der Waals surface area contributed by atoms with Gasteiger partial charge in [0.05, 0.1) is 6.10 Å². The molecule has 0 radical (unpaired) electrons. The molecule has 13 heavy (non-hydrogen) atoms. The number of epoxide rings is 1. The molecule has 3 aliphatic rings. The monoisotopic (exact) mass is 178 g/mol. The smallest absolute Gasteiger partial charge is 0.146 e. The fourth-order valence-corrected chi connectivity index (χ4v) is 3.09. The van der Waals surface area contributed by atoms with Crippen molar-refractivity contribution in [1.82, 2.24) is 0 Å². The zero-order valence-corrected chi connectivity index (χ0v) is 7.82. The molecular weight excluding hydrogens is 164 g/mol. The van der Waals surface area contributed by atoms with Crippen molar-refractivity contribution in [2.24, 2.45) is 11.8 Å². The molecule has 2 aliphatic carbocycles. The second-order valence-electron chi connectivity index (χ2n) is 4.50. The molecule has 70 valence electrons. The SMILES string of the molecule is CC1OC1C1=C(C=O)C2CCC1C2. The minimum atomic E-state index is 0.301. The van der Waals surface area contributed by atoms with E-state index in [0.717, 1.165) is 11.9 Å². The molecule has 1 saturated heterocycles. The highest BCUT2D eigenvalue weighted by Crippen LogP contribution is 2.52. The molecule has 0 aromatic rings. The number of fused-ring (bicyclic) bond motifs is 2. The van der Waals surface area contributed by atoms with E-state index < -0.39 is 0 Å². The van der Waals surface area contributed by atoms with Crippen molar-refractivity contribution in [3.8, 4) is 0 Å². The summed E-state index contributed by atoms with van der Waals surface area (Å²) < 4.78 is 5.47. The van der Waals surface area contributed by atoms with Gasteiger partial charge in [0.2, 0.25) is 0 Å². The number of carbonyl (C=O) groups is 1. The van der Waals surface area contributed by atoms with E-state index in [-0.39, 0.29) is 0 Å². The Labute approximate surface area is 78.0 Å². The maximum Gasteiger partial charge on any atom is 0.146 e. The molecular formula is C11H14O2. The van der Waals surface area contributed by atoms with Crippen LogP contribution in [0.1, 0.15) is 26.2 Å². The first-order valence-electron chi connectivity index (χ1n) is 5.16. The average Bonchev–Trinajstić information content (AvgIpc) is 2.64. The fraction of sp³-hybridized carbons (Fsp3) is 0.727. The van der Waals surface area contributed by atoms with Gasteiger partial charge >= 0.3 is 0 Å². The van der Waals surface area contributed by atoms with E-state index in [2.05, 4.69) is 6.92 Å². The topological polar surface area (TPSA) is 29.6 Å². The van der Waals surface area contributed by atoms with Crippen LogP contribution in [-0.2, 0) is 9.53 Å². The standard InChI is InChI=1S/C11H14O2/c1-6-11(13-6)10-8-3-2-7(4-8)9(10)5-12/h5-8,11H,2-4H2,1H3. The zero-order valence-electron chi connectivity index (χ0n) is 7.82. The highest BCUT2D eigenvalue weighted by Gasteiger charge is 2.49. The summed E-state index contributed by atoms with van der Waals surface area (Å²) in [6.07, 6.45) is 5.47. The predicted molar refractivity (Wildman–Crippen MR) is 48.3 cm³/mol. The summed E-state index contributed by atoms with van der Waals surface area (Å²) in [4.78, 5) is 10.9. The normalized spacial score (nSPS) is 47.2. The first-order chi connectivity index (χ1) is 6.31. The molecule has 1 aliphatic heterocycles. The predicted octanol–water partition coefficient (Wildman–Crippen LogP) is 1.70. The van der Waals surface area contributed by atoms with Crippen molar-refractivity contribution in [3.05, 3.63) is 11.1 Å². The lowest BCUT2D eigenvalue weighted by Gasteiger charge is -2.14. The largest absolute Gasteiger partial charge is 0.365 e. The van der Waals surface area contributed by atoms with E-state index in [1.54, 1.807) is 0 Å². The third-order valence-electron chi connectivity index (χ3n) is 3.79. The maximum absolute atomic E-state index is 10.9. The molecule has 0 aromatic carbocycles. The number of aldehydes is 1. The molecule has 0 spiro atoms. The zero-order chi connectivity index (χ0) is 9.00. The summed E-state index contributed by atoms with van der Waals surface area (Å²) in [6, 6.07) is 0. The van der Waals surface area contributed by atoms with Crippen LogP contribution in [0.3, 0.4) is 0 Å². The summed E-state index contributed by atoms with van der Waals surface area (Å²) in [7, 11) is 0. The van der Waals surface area contributed by atoms with Crippen molar-refractivity contribution in [2.45, 2.75) is 38.4 Å². The van der Waals surface area contributed by atoms with Crippen LogP contribution in [0.25, 0.3) is 0 Å². The number of allylic oxidation sites excluding steroid dienone is 1. The van der Waals surface area contributed by atoms with E-state index >= 15 is 0 Å². The quantitative estimate of drug-likeness (QED) is 0.476. The van der Waals surface area contributed by atoms with Crippen LogP contribution in [0.15, 0.2) is 11.1 Å². The molecule has 2 fully saturated rings. The lowest BCUT2D eigenvalue weighted by atomic mass is 9.90. The van der Waals surface area contributed by atoms with Gasteiger partial charge in [-0.2, -0.15) is 0 Å². The first-order valence-corrected chi connectivity index (χ1v) is 5.16. The van der Waals surface area contributed by atoms with Gasteiger partial charge in [0, 0.05) is 0 Å². The van der Waals surface area contributed by atoms with Crippen LogP contribution in [0.2, 0.25) is 0 Å². The van der Waals surface area contributed by atoms with Crippen LogP contribution in [0, 0.1) is 11.8 Å². The Balaban J connectivity index is 1.97. The molecule has 0 aromatic heterocycles. The minimum absolute atomic E-state index is 0.301. The van der Waals surface area contributed by atoms with Crippen molar-refractivity contribution in [3.63, 3.8) is 0 Å². The van der Waals surface area contributed by atoms with Gasteiger partial charge in [-0.1, -0.05) is 0 Å². The summed E-state index contributed by atoms with van der Waals surface area (Å²) in [6.45, 7) is 2.09.